The molecule has 7 nitrogen and oxygen atoms in total. The molecular weight excluding hydrogens is 328 g/mol. The predicted molar refractivity (Wildman–Crippen MR) is 92.2 cm³/mol. The number of benzene rings is 1. The van der Waals surface area contributed by atoms with Gasteiger partial charge in [0, 0.05) is 0 Å². The summed E-state index contributed by atoms with van der Waals surface area (Å²) in [4.78, 5) is 22.0. The standard InChI is InChI=1S/C16H17ClN6O/c1-23-7-3-6-13(23)11-8-12(22-21-11)15(24)20-16-18-10-5-2-4-9(17)14(10)19-16/h2,4-5,8,13H,3,6-7H2,1H3,(H,21,22)(H2,18,19,20,24). The van der Waals surface area contributed by atoms with Gasteiger partial charge in [-0.05, 0) is 44.6 Å². The average molecular weight is 345 g/mol. The third-order valence-corrected chi connectivity index (χ3v) is 4.71. The highest BCUT2D eigenvalue weighted by atomic mass is 35.5. The van der Waals surface area contributed by atoms with Crippen molar-refractivity contribution >= 4 is 34.5 Å². The van der Waals surface area contributed by atoms with Gasteiger partial charge in [0.1, 0.15) is 5.52 Å². The Hall–Kier alpha value is -2.38. The number of halogens is 1. The normalized spacial score (nSPS) is 18.3. The number of amides is 1. The van der Waals surface area contributed by atoms with Gasteiger partial charge in [0.05, 0.1) is 22.3 Å². The molecular formula is C16H17ClN6O. The van der Waals surface area contributed by atoms with E-state index in [-0.39, 0.29) is 5.91 Å². The maximum absolute atomic E-state index is 12.4. The lowest BCUT2D eigenvalue weighted by Crippen LogP contribution is -2.17. The molecule has 2 aromatic heterocycles. The molecule has 1 unspecified atom stereocenters. The first-order valence-corrected chi connectivity index (χ1v) is 8.21. The van der Waals surface area contributed by atoms with Gasteiger partial charge in [0.15, 0.2) is 5.69 Å². The number of para-hydroxylation sites is 1. The quantitative estimate of drug-likeness (QED) is 0.681. The summed E-state index contributed by atoms with van der Waals surface area (Å²) in [7, 11) is 2.08. The molecule has 1 aliphatic heterocycles. The second kappa shape index (κ2) is 5.92. The summed E-state index contributed by atoms with van der Waals surface area (Å²) in [5, 5.41) is 10.4. The van der Waals surface area contributed by atoms with Crippen molar-refractivity contribution in [2.75, 3.05) is 18.9 Å². The highest BCUT2D eigenvalue weighted by Gasteiger charge is 2.25. The number of carbonyl (C=O) groups is 1. The van der Waals surface area contributed by atoms with Gasteiger partial charge in [-0.2, -0.15) is 5.10 Å². The van der Waals surface area contributed by atoms with Crippen molar-refractivity contribution in [2.24, 2.45) is 0 Å². The first-order chi connectivity index (χ1) is 11.6. The fourth-order valence-corrected chi connectivity index (χ4v) is 3.37. The largest absolute Gasteiger partial charge is 0.324 e. The highest BCUT2D eigenvalue weighted by Crippen LogP contribution is 2.29. The van der Waals surface area contributed by atoms with Gasteiger partial charge in [-0.3, -0.25) is 20.1 Å². The molecule has 0 radical (unpaired) electrons. The Labute approximate surface area is 143 Å². The molecule has 24 heavy (non-hydrogen) atoms. The van der Waals surface area contributed by atoms with E-state index in [4.69, 9.17) is 11.6 Å². The van der Waals surface area contributed by atoms with Crippen LogP contribution in [0.2, 0.25) is 5.02 Å². The second-order valence-corrected chi connectivity index (χ2v) is 6.43. The number of aromatic nitrogens is 4. The van der Waals surface area contributed by atoms with E-state index in [1.807, 2.05) is 12.1 Å². The van der Waals surface area contributed by atoms with Crippen LogP contribution in [0.15, 0.2) is 24.3 Å². The molecule has 1 fully saturated rings. The van der Waals surface area contributed by atoms with Gasteiger partial charge in [-0.1, -0.05) is 17.7 Å². The molecule has 1 saturated heterocycles. The zero-order valence-corrected chi connectivity index (χ0v) is 13.9. The van der Waals surface area contributed by atoms with Crippen LogP contribution >= 0.6 is 11.6 Å². The molecule has 124 valence electrons. The molecule has 0 saturated carbocycles. The third kappa shape index (κ3) is 2.65. The summed E-state index contributed by atoms with van der Waals surface area (Å²) in [6.45, 7) is 1.06. The molecule has 0 spiro atoms. The minimum absolute atomic E-state index is 0.295. The van der Waals surface area contributed by atoms with Crippen molar-refractivity contribution in [3.05, 3.63) is 40.7 Å². The Balaban J connectivity index is 1.53. The number of likely N-dealkylation sites (tertiary alicyclic amines) is 1. The Morgan fingerprint density at radius 2 is 2.33 bits per heavy atom. The zero-order chi connectivity index (χ0) is 16.7. The summed E-state index contributed by atoms with van der Waals surface area (Å²) < 4.78 is 0. The molecule has 0 aliphatic carbocycles. The van der Waals surface area contributed by atoms with Gasteiger partial charge >= 0.3 is 0 Å². The van der Waals surface area contributed by atoms with Crippen LogP contribution in [0.25, 0.3) is 11.0 Å². The van der Waals surface area contributed by atoms with Crippen molar-refractivity contribution in [1.82, 2.24) is 25.1 Å². The van der Waals surface area contributed by atoms with Gasteiger partial charge in [-0.15, -0.1) is 0 Å². The van der Waals surface area contributed by atoms with E-state index >= 15 is 0 Å². The maximum Gasteiger partial charge on any atom is 0.278 e. The van der Waals surface area contributed by atoms with Crippen LogP contribution in [0.3, 0.4) is 0 Å². The van der Waals surface area contributed by atoms with E-state index in [2.05, 4.69) is 37.4 Å². The first kappa shape index (κ1) is 15.2. The number of nitrogens with zero attached hydrogens (tertiary/aromatic N) is 3. The average Bonchev–Trinajstić information content (AvgIpc) is 3.25. The summed E-state index contributed by atoms with van der Waals surface area (Å²) in [5.74, 6) is 0.0407. The Morgan fingerprint density at radius 3 is 3.08 bits per heavy atom. The van der Waals surface area contributed by atoms with Crippen molar-refractivity contribution in [3.63, 3.8) is 0 Å². The lowest BCUT2D eigenvalue weighted by atomic mass is 10.1. The van der Waals surface area contributed by atoms with Crippen LogP contribution in [0, 0.1) is 0 Å². The van der Waals surface area contributed by atoms with Crippen LogP contribution in [0.4, 0.5) is 5.95 Å². The number of fused-ring (bicyclic) bond motifs is 1. The summed E-state index contributed by atoms with van der Waals surface area (Å²) in [5.41, 5.74) is 2.71. The second-order valence-electron chi connectivity index (χ2n) is 6.02. The first-order valence-electron chi connectivity index (χ1n) is 7.83. The van der Waals surface area contributed by atoms with Crippen molar-refractivity contribution in [1.29, 1.82) is 0 Å². The molecule has 3 aromatic rings. The fourth-order valence-electron chi connectivity index (χ4n) is 3.15. The van der Waals surface area contributed by atoms with Crippen LogP contribution in [-0.4, -0.2) is 44.6 Å². The SMILES string of the molecule is CN1CCCC1c1cc(C(=O)Nc2nc3c(Cl)cccc3[nH]2)n[nH]1. The summed E-state index contributed by atoms with van der Waals surface area (Å²) >= 11 is 6.10. The number of aromatic amines is 2. The summed E-state index contributed by atoms with van der Waals surface area (Å²) in [6, 6.07) is 7.54. The molecule has 1 amide bonds. The van der Waals surface area contributed by atoms with E-state index in [9.17, 15) is 4.79 Å². The lowest BCUT2D eigenvalue weighted by molar-refractivity contribution is 0.102. The minimum atomic E-state index is -0.312. The number of hydrogen-bond acceptors (Lipinski definition) is 4. The van der Waals surface area contributed by atoms with Crippen LogP contribution < -0.4 is 5.32 Å². The molecule has 8 heteroatoms. The number of rotatable bonds is 3. The number of nitrogens with one attached hydrogen (secondary N) is 3. The molecule has 3 heterocycles. The van der Waals surface area contributed by atoms with Crippen molar-refractivity contribution in [3.8, 4) is 0 Å². The van der Waals surface area contributed by atoms with Gasteiger partial charge in [-0.25, -0.2) is 4.98 Å². The predicted octanol–water partition coefficient (Wildman–Crippen LogP) is 2.96. The molecule has 1 aromatic carbocycles. The number of carbonyl (C=O) groups excluding carboxylic acids is 1. The number of H-pyrrole nitrogens is 2. The van der Waals surface area contributed by atoms with Crippen LogP contribution in [0.1, 0.15) is 35.1 Å². The van der Waals surface area contributed by atoms with Crippen LogP contribution in [0.5, 0.6) is 0 Å². The molecule has 1 atom stereocenters. The Bertz CT molecular complexity index is 901. The van der Waals surface area contributed by atoms with Crippen molar-refractivity contribution < 1.29 is 4.79 Å². The van der Waals surface area contributed by atoms with Crippen LogP contribution in [-0.2, 0) is 0 Å². The molecule has 4 rings (SSSR count). The molecule has 3 N–H and O–H groups in total. The Kier molecular flexibility index (Phi) is 3.74. The smallest absolute Gasteiger partial charge is 0.278 e. The summed E-state index contributed by atoms with van der Waals surface area (Å²) in [6.07, 6.45) is 2.23. The molecule has 0 bridgehead atoms. The van der Waals surface area contributed by atoms with E-state index in [1.165, 1.54) is 0 Å². The molecule has 1 aliphatic rings. The lowest BCUT2D eigenvalue weighted by Gasteiger charge is -2.16. The maximum atomic E-state index is 12.4. The van der Waals surface area contributed by atoms with Crippen molar-refractivity contribution in [2.45, 2.75) is 18.9 Å². The minimum Gasteiger partial charge on any atom is -0.324 e. The zero-order valence-electron chi connectivity index (χ0n) is 13.1. The number of anilines is 1. The fraction of sp³-hybridized carbons (Fsp3) is 0.312. The van der Waals surface area contributed by atoms with Gasteiger partial charge in [0.25, 0.3) is 5.91 Å². The van der Waals surface area contributed by atoms with E-state index in [1.54, 1.807) is 12.1 Å². The monoisotopic (exact) mass is 344 g/mol. The Morgan fingerprint density at radius 1 is 1.46 bits per heavy atom. The highest BCUT2D eigenvalue weighted by molar-refractivity contribution is 6.35. The van der Waals surface area contributed by atoms with E-state index in [0.29, 0.717) is 28.2 Å². The van der Waals surface area contributed by atoms with Gasteiger partial charge in [0.2, 0.25) is 5.95 Å². The van der Waals surface area contributed by atoms with Gasteiger partial charge < -0.3 is 4.98 Å². The van der Waals surface area contributed by atoms with E-state index < -0.39 is 0 Å². The number of imidazole rings is 1. The topological polar surface area (TPSA) is 89.7 Å². The van der Waals surface area contributed by atoms with E-state index in [0.717, 1.165) is 30.6 Å². The third-order valence-electron chi connectivity index (χ3n) is 4.41. The number of hydrogen-bond donors (Lipinski definition) is 3.